The van der Waals surface area contributed by atoms with E-state index in [1.807, 2.05) is 12.3 Å². The van der Waals surface area contributed by atoms with E-state index >= 15 is 0 Å². The van der Waals surface area contributed by atoms with E-state index in [-0.39, 0.29) is 5.56 Å². The molecule has 0 radical (unpaired) electrons. The zero-order chi connectivity index (χ0) is 21.1. The molecule has 0 bridgehead atoms. The Kier molecular flexibility index (Phi) is 5.61. The fourth-order valence-corrected chi connectivity index (χ4v) is 3.88. The van der Waals surface area contributed by atoms with Crippen LogP contribution in [0.5, 0.6) is 0 Å². The van der Waals surface area contributed by atoms with Gasteiger partial charge in [0.05, 0.1) is 11.3 Å². The molecule has 156 valence electrons. The highest BCUT2D eigenvalue weighted by Crippen LogP contribution is 2.32. The van der Waals surface area contributed by atoms with Crippen LogP contribution in [0.15, 0.2) is 65.7 Å². The predicted octanol–water partition coefficient (Wildman–Crippen LogP) is 4.91. The summed E-state index contributed by atoms with van der Waals surface area (Å²) in [5.41, 5.74) is 2.93. The van der Waals surface area contributed by atoms with E-state index in [1.165, 1.54) is 6.07 Å². The number of aromatic nitrogens is 2. The van der Waals surface area contributed by atoms with Crippen LogP contribution in [0.25, 0.3) is 11.3 Å². The lowest BCUT2D eigenvalue weighted by molar-refractivity contribution is -0.137. The zero-order valence-electron chi connectivity index (χ0n) is 16.3. The summed E-state index contributed by atoms with van der Waals surface area (Å²) in [5, 5.41) is 0. The Morgan fingerprint density at radius 1 is 1.00 bits per heavy atom. The number of benzene rings is 1. The summed E-state index contributed by atoms with van der Waals surface area (Å²) in [6.45, 7) is 1.66. The minimum Gasteiger partial charge on any atom is -0.372 e. The van der Waals surface area contributed by atoms with E-state index in [0.29, 0.717) is 5.92 Å². The lowest BCUT2D eigenvalue weighted by atomic mass is 9.90. The summed E-state index contributed by atoms with van der Waals surface area (Å²) < 4.78 is 38.2. The van der Waals surface area contributed by atoms with E-state index in [2.05, 4.69) is 20.9 Å². The Balaban J connectivity index is 1.32. The minimum absolute atomic E-state index is 0.141. The van der Waals surface area contributed by atoms with Crippen molar-refractivity contribution in [2.75, 3.05) is 18.0 Å². The predicted molar refractivity (Wildman–Crippen MR) is 110 cm³/mol. The van der Waals surface area contributed by atoms with Gasteiger partial charge in [-0.05, 0) is 67.1 Å². The number of anilines is 1. The van der Waals surface area contributed by atoms with Gasteiger partial charge < -0.3 is 9.88 Å². The van der Waals surface area contributed by atoms with Crippen molar-refractivity contribution in [2.45, 2.75) is 25.4 Å². The molecule has 4 nitrogen and oxygen atoms in total. The molecule has 0 spiro atoms. The first-order valence-electron chi connectivity index (χ1n) is 9.95. The molecule has 3 aromatic rings. The smallest absolute Gasteiger partial charge is 0.372 e. The third-order valence-electron chi connectivity index (χ3n) is 5.60. The molecule has 0 aliphatic carbocycles. The van der Waals surface area contributed by atoms with E-state index in [1.54, 1.807) is 24.4 Å². The van der Waals surface area contributed by atoms with Crippen LogP contribution in [0, 0.1) is 5.92 Å². The van der Waals surface area contributed by atoms with E-state index in [4.69, 9.17) is 0 Å². The molecule has 1 aromatic carbocycles. The number of rotatable bonds is 4. The van der Waals surface area contributed by atoms with Crippen LogP contribution in [0.3, 0.4) is 0 Å². The molecule has 1 saturated heterocycles. The SMILES string of the molecule is O=c1ccc(-c2ccc(CC3CCN(c4ccc(C(F)(F)F)cc4)CC3)cn2)c[nH]1. The topological polar surface area (TPSA) is 49.0 Å². The monoisotopic (exact) mass is 413 g/mol. The molecule has 1 fully saturated rings. The van der Waals surface area contributed by atoms with Crippen LogP contribution in [0.2, 0.25) is 0 Å². The van der Waals surface area contributed by atoms with Crippen LogP contribution in [0.4, 0.5) is 18.9 Å². The molecule has 1 aliphatic rings. The van der Waals surface area contributed by atoms with E-state index < -0.39 is 11.7 Å². The maximum atomic E-state index is 12.7. The van der Waals surface area contributed by atoms with Crippen LogP contribution >= 0.6 is 0 Å². The second kappa shape index (κ2) is 8.34. The fourth-order valence-electron chi connectivity index (χ4n) is 3.88. The molecule has 4 rings (SSSR count). The number of hydrogen-bond donors (Lipinski definition) is 1. The number of halogens is 3. The largest absolute Gasteiger partial charge is 0.416 e. The van der Waals surface area contributed by atoms with Gasteiger partial charge in [0.25, 0.3) is 0 Å². The zero-order valence-corrected chi connectivity index (χ0v) is 16.3. The van der Waals surface area contributed by atoms with Gasteiger partial charge in [-0.3, -0.25) is 9.78 Å². The second-order valence-corrected chi connectivity index (χ2v) is 7.67. The number of aromatic amines is 1. The van der Waals surface area contributed by atoms with Gasteiger partial charge in [0, 0.05) is 42.8 Å². The number of nitrogens with one attached hydrogen (secondary N) is 1. The summed E-state index contributed by atoms with van der Waals surface area (Å²) in [6, 6.07) is 12.7. The molecule has 30 heavy (non-hydrogen) atoms. The average Bonchev–Trinajstić information content (AvgIpc) is 2.75. The maximum Gasteiger partial charge on any atom is 0.416 e. The third kappa shape index (κ3) is 4.72. The summed E-state index contributed by atoms with van der Waals surface area (Å²) >= 11 is 0. The fraction of sp³-hybridized carbons (Fsp3) is 0.304. The van der Waals surface area contributed by atoms with Gasteiger partial charge in [-0.25, -0.2) is 0 Å². The van der Waals surface area contributed by atoms with Crippen molar-refractivity contribution in [1.82, 2.24) is 9.97 Å². The first kappa shape index (κ1) is 20.2. The van der Waals surface area contributed by atoms with E-state index in [0.717, 1.165) is 67.0 Å². The highest BCUT2D eigenvalue weighted by molar-refractivity contribution is 5.57. The molecular weight excluding hydrogens is 391 g/mol. The first-order valence-corrected chi connectivity index (χ1v) is 9.95. The van der Waals surface area contributed by atoms with Gasteiger partial charge in [0.1, 0.15) is 0 Å². The quantitative estimate of drug-likeness (QED) is 0.661. The van der Waals surface area contributed by atoms with Crippen LogP contribution in [-0.2, 0) is 12.6 Å². The molecule has 2 aromatic heterocycles. The molecule has 3 heterocycles. The standard InChI is InChI=1S/C23H22F3N3O/c24-23(25,26)19-3-5-20(6-4-19)29-11-9-16(10-12-29)13-17-1-7-21(27-14-17)18-2-8-22(30)28-15-18/h1-8,14-16H,9-13H2,(H,28,30). The number of H-pyrrole nitrogens is 1. The Hall–Kier alpha value is -3.09. The lowest BCUT2D eigenvalue weighted by Crippen LogP contribution is -2.34. The molecular formula is C23H22F3N3O. The van der Waals surface area contributed by atoms with Crippen molar-refractivity contribution in [3.63, 3.8) is 0 Å². The number of pyridine rings is 2. The summed E-state index contributed by atoms with van der Waals surface area (Å²) in [5.74, 6) is 0.524. The van der Waals surface area contributed by atoms with Crippen molar-refractivity contribution in [2.24, 2.45) is 5.92 Å². The molecule has 1 N–H and O–H groups in total. The molecule has 0 unspecified atom stereocenters. The van der Waals surface area contributed by atoms with Gasteiger partial charge in [0.2, 0.25) is 5.56 Å². The Morgan fingerprint density at radius 3 is 2.30 bits per heavy atom. The first-order chi connectivity index (χ1) is 14.4. The van der Waals surface area contributed by atoms with Crippen molar-refractivity contribution in [1.29, 1.82) is 0 Å². The average molecular weight is 413 g/mol. The number of alkyl halides is 3. The Bertz CT molecular complexity index is 1010. The van der Waals surface area contributed by atoms with Gasteiger partial charge in [-0.15, -0.1) is 0 Å². The second-order valence-electron chi connectivity index (χ2n) is 7.67. The highest BCUT2D eigenvalue weighted by atomic mass is 19.4. The van der Waals surface area contributed by atoms with Crippen LogP contribution in [0.1, 0.15) is 24.0 Å². The highest BCUT2D eigenvalue weighted by Gasteiger charge is 2.30. The summed E-state index contributed by atoms with van der Waals surface area (Å²) in [4.78, 5) is 20.5. The van der Waals surface area contributed by atoms with Gasteiger partial charge in [0.15, 0.2) is 0 Å². The number of piperidine rings is 1. The normalized spacial score (nSPS) is 15.4. The number of hydrogen-bond acceptors (Lipinski definition) is 3. The third-order valence-corrected chi connectivity index (χ3v) is 5.60. The van der Waals surface area contributed by atoms with Gasteiger partial charge in [-0.1, -0.05) is 6.07 Å². The van der Waals surface area contributed by atoms with Crippen LogP contribution < -0.4 is 10.5 Å². The maximum absolute atomic E-state index is 12.7. The molecule has 0 amide bonds. The molecule has 7 heteroatoms. The van der Waals surface area contributed by atoms with Crippen LogP contribution in [-0.4, -0.2) is 23.1 Å². The van der Waals surface area contributed by atoms with Crippen molar-refractivity contribution >= 4 is 5.69 Å². The van der Waals surface area contributed by atoms with Gasteiger partial charge in [-0.2, -0.15) is 13.2 Å². The Morgan fingerprint density at radius 2 is 1.73 bits per heavy atom. The molecule has 0 atom stereocenters. The van der Waals surface area contributed by atoms with Gasteiger partial charge >= 0.3 is 6.18 Å². The lowest BCUT2D eigenvalue weighted by Gasteiger charge is -2.33. The number of nitrogens with zero attached hydrogens (tertiary/aromatic N) is 2. The van der Waals surface area contributed by atoms with Crippen molar-refractivity contribution in [3.8, 4) is 11.3 Å². The minimum atomic E-state index is -4.30. The summed E-state index contributed by atoms with van der Waals surface area (Å²) in [6.07, 6.45) is 2.14. The summed E-state index contributed by atoms with van der Waals surface area (Å²) in [7, 11) is 0. The Labute approximate surface area is 172 Å². The van der Waals surface area contributed by atoms with Crippen molar-refractivity contribution in [3.05, 3.63) is 82.4 Å². The molecule has 1 aliphatic heterocycles. The molecule has 0 saturated carbocycles. The van der Waals surface area contributed by atoms with E-state index in [9.17, 15) is 18.0 Å². The van der Waals surface area contributed by atoms with Crippen molar-refractivity contribution < 1.29 is 13.2 Å².